The van der Waals surface area contributed by atoms with Crippen LogP contribution < -0.4 is 0 Å². The standard InChI is InChI=1S/C17H20FN3O/c1-2-16-15(17(22)20-9-4-3-5-10-20)12-19-21(16)14-8-6-7-13(18)11-14/h6-8,11-12H,2-5,9-10H2,1H3. The van der Waals surface area contributed by atoms with Crippen LogP contribution in [0.4, 0.5) is 4.39 Å². The molecular formula is C17H20FN3O. The van der Waals surface area contributed by atoms with Gasteiger partial charge in [-0.05, 0) is 43.9 Å². The molecule has 2 aromatic rings. The van der Waals surface area contributed by atoms with E-state index in [-0.39, 0.29) is 11.7 Å². The average molecular weight is 301 g/mol. The average Bonchev–Trinajstić information content (AvgIpc) is 2.99. The summed E-state index contributed by atoms with van der Waals surface area (Å²) in [6, 6.07) is 6.28. The first-order valence-electron chi connectivity index (χ1n) is 7.83. The van der Waals surface area contributed by atoms with E-state index in [1.165, 1.54) is 18.6 Å². The second kappa shape index (κ2) is 6.30. The molecule has 1 aromatic heterocycles. The molecule has 0 saturated carbocycles. The molecule has 1 amide bonds. The lowest BCUT2D eigenvalue weighted by Gasteiger charge is -2.26. The van der Waals surface area contributed by atoms with Gasteiger partial charge in [-0.2, -0.15) is 5.10 Å². The van der Waals surface area contributed by atoms with Crippen molar-refractivity contribution in [3.8, 4) is 5.69 Å². The van der Waals surface area contributed by atoms with Gasteiger partial charge in [0.1, 0.15) is 5.82 Å². The van der Waals surface area contributed by atoms with Crippen LogP contribution in [0, 0.1) is 5.82 Å². The van der Waals surface area contributed by atoms with Crippen LogP contribution in [0.3, 0.4) is 0 Å². The quantitative estimate of drug-likeness (QED) is 0.873. The molecule has 1 aliphatic rings. The molecule has 1 saturated heterocycles. The van der Waals surface area contributed by atoms with Gasteiger partial charge in [0.05, 0.1) is 23.1 Å². The molecule has 1 aliphatic heterocycles. The topological polar surface area (TPSA) is 38.1 Å². The summed E-state index contributed by atoms with van der Waals surface area (Å²) in [5.41, 5.74) is 2.12. The van der Waals surface area contributed by atoms with E-state index in [4.69, 9.17) is 0 Å². The second-order valence-corrected chi connectivity index (χ2v) is 5.60. The maximum atomic E-state index is 13.4. The van der Waals surface area contributed by atoms with Crippen molar-refractivity contribution in [2.24, 2.45) is 0 Å². The van der Waals surface area contributed by atoms with E-state index in [0.717, 1.165) is 31.6 Å². The molecule has 2 heterocycles. The molecule has 1 fully saturated rings. The lowest BCUT2D eigenvalue weighted by Crippen LogP contribution is -2.35. The summed E-state index contributed by atoms with van der Waals surface area (Å²) in [6.45, 7) is 3.61. The molecule has 5 heteroatoms. The Kier molecular flexibility index (Phi) is 4.22. The fourth-order valence-corrected chi connectivity index (χ4v) is 2.99. The Hall–Kier alpha value is -2.17. The predicted molar refractivity (Wildman–Crippen MR) is 82.7 cm³/mol. The second-order valence-electron chi connectivity index (χ2n) is 5.60. The number of hydrogen-bond acceptors (Lipinski definition) is 2. The zero-order chi connectivity index (χ0) is 15.5. The summed E-state index contributed by atoms with van der Waals surface area (Å²) in [7, 11) is 0. The first kappa shape index (κ1) is 14.8. The lowest BCUT2D eigenvalue weighted by atomic mass is 10.1. The van der Waals surface area contributed by atoms with Crippen molar-refractivity contribution >= 4 is 5.91 Å². The summed E-state index contributed by atoms with van der Waals surface area (Å²) in [5, 5.41) is 4.32. The first-order valence-corrected chi connectivity index (χ1v) is 7.83. The van der Waals surface area contributed by atoms with Gasteiger partial charge in [0.15, 0.2) is 0 Å². The largest absolute Gasteiger partial charge is 0.339 e. The molecule has 116 valence electrons. The number of rotatable bonds is 3. The number of aromatic nitrogens is 2. The first-order chi connectivity index (χ1) is 10.7. The van der Waals surface area contributed by atoms with Crippen LogP contribution in [0.2, 0.25) is 0 Å². The van der Waals surface area contributed by atoms with Crippen LogP contribution >= 0.6 is 0 Å². The van der Waals surface area contributed by atoms with Gasteiger partial charge < -0.3 is 4.90 Å². The minimum atomic E-state index is -0.307. The smallest absolute Gasteiger partial charge is 0.257 e. The molecule has 0 aliphatic carbocycles. The van der Waals surface area contributed by atoms with Gasteiger partial charge in [-0.3, -0.25) is 4.79 Å². The van der Waals surface area contributed by atoms with E-state index < -0.39 is 0 Å². The third-order valence-corrected chi connectivity index (χ3v) is 4.13. The van der Waals surface area contributed by atoms with E-state index in [0.29, 0.717) is 17.7 Å². The fraction of sp³-hybridized carbons (Fsp3) is 0.412. The highest BCUT2D eigenvalue weighted by Crippen LogP contribution is 2.20. The van der Waals surface area contributed by atoms with Gasteiger partial charge in [-0.15, -0.1) is 0 Å². The molecule has 3 rings (SSSR count). The van der Waals surface area contributed by atoms with Gasteiger partial charge in [0.25, 0.3) is 5.91 Å². The molecule has 0 unspecified atom stereocenters. The molecule has 4 nitrogen and oxygen atoms in total. The van der Waals surface area contributed by atoms with E-state index in [9.17, 15) is 9.18 Å². The molecule has 0 atom stereocenters. The Morgan fingerprint density at radius 2 is 2.05 bits per heavy atom. The Labute approximate surface area is 129 Å². The highest BCUT2D eigenvalue weighted by Gasteiger charge is 2.23. The lowest BCUT2D eigenvalue weighted by molar-refractivity contribution is 0.0723. The summed E-state index contributed by atoms with van der Waals surface area (Å²) in [4.78, 5) is 14.6. The van der Waals surface area contributed by atoms with Gasteiger partial charge in [-0.25, -0.2) is 9.07 Å². The number of hydrogen-bond donors (Lipinski definition) is 0. The normalized spacial score (nSPS) is 15.1. The monoisotopic (exact) mass is 301 g/mol. The molecule has 1 aromatic carbocycles. The zero-order valence-electron chi connectivity index (χ0n) is 12.8. The van der Waals surface area contributed by atoms with Crippen molar-refractivity contribution in [3.05, 3.63) is 47.5 Å². The molecule has 0 radical (unpaired) electrons. The van der Waals surface area contributed by atoms with Crippen LogP contribution in [0.1, 0.15) is 42.2 Å². The highest BCUT2D eigenvalue weighted by atomic mass is 19.1. The predicted octanol–water partition coefficient (Wildman–Crippen LogP) is 3.20. The number of halogens is 1. The van der Waals surface area contributed by atoms with Crippen LogP contribution in [0.5, 0.6) is 0 Å². The summed E-state index contributed by atoms with van der Waals surface area (Å²) < 4.78 is 15.1. The minimum absolute atomic E-state index is 0.0409. The van der Waals surface area contributed by atoms with Crippen molar-refractivity contribution in [2.45, 2.75) is 32.6 Å². The maximum absolute atomic E-state index is 13.4. The number of piperidine rings is 1. The SMILES string of the molecule is CCc1c(C(=O)N2CCCCC2)cnn1-c1cccc(F)c1. The van der Waals surface area contributed by atoms with Crippen molar-refractivity contribution in [1.82, 2.24) is 14.7 Å². The van der Waals surface area contributed by atoms with Crippen molar-refractivity contribution < 1.29 is 9.18 Å². The molecule has 0 spiro atoms. The van der Waals surface area contributed by atoms with Crippen LogP contribution in [0.25, 0.3) is 5.69 Å². The fourth-order valence-electron chi connectivity index (χ4n) is 2.99. The summed E-state index contributed by atoms with van der Waals surface area (Å²) >= 11 is 0. The van der Waals surface area contributed by atoms with E-state index in [1.54, 1.807) is 23.0 Å². The molecular weight excluding hydrogens is 281 g/mol. The number of nitrogens with zero attached hydrogens (tertiary/aromatic N) is 3. The van der Waals surface area contributed by atoms with Crippen LogP contribution in [-0.4, -0.2) is 33.7 Å². The highest BCUT2D eigenvalue weighted by molar-refractivity contribution is 5.95. The Morgan fingerprint density at radius 1 is 1.27 bits per heavy atom. The number of carbonyl (C=O) groups excluding carboxylic acids is 1. The van der Waals surface area contributed by atoms with Crippen LogP contribution in [0.15, 0.2) is 30.5 Å². The van der Waals surface area contributed by atoms with Crippen molar-refractivity contribution in [2.75, 3.05) is 13.1 Å². The number of amides is 1. The maximum Gasteiger partial charge on any atom is 0.257 e. The van der Waals surface area contributed by atoms with E-state index in [2.05, 4.69) is 5.10 Å². The molecule has 0 bridgehead atoms. The minimum Gasteiger partial charge on any atom is -0.339 e. The molecule has 22 heavy (non-hydrogen) atoms. The third-order valence-electron chi connectivity index (χ3n) is 4.13. The zero-order valence-corrected chi connectivity index (χ0v) is 12.8. The number of carbonyl (C=O) groups is 1. The van der Waals surface area contributed by atoms with E-state index >= 15 is 0 Å². The van der Waals surface area contributed by atoms with Gasteiger partial charge in [0, 0.05) is 13.1 Å². The number of benzene rings is 1. The third kappa shape index (κ3) is 2.75. The summed E-state index contributed by atoms with van der Waals surface area (Å²) in [6.07, 6.45) is 5.59. The Morgan fingerprint density at radius 3 is 2.73 bits per heavy atom. The molecule has 0 N–H and O–H groups in total. The Bertz CT molecular complexity index is 674. The Balaban J connectivity index is 1.95. The van der Waals surface area contributed by atoms with Gasteiger partial charge in [-0.1, -0.05) is 13.0 Å². The van der Waals surface area contributed by atoms with Crippen molar-refractivity contribution in [1.29, 1.82) is 0 Å². The summed E-state index contributed by atoms with van der Waals surface area (Å²) in [5.74, 6) is -0.266. The van der Waals surface area contributed by atoms with E-state index in [1.807, 2.05) is 11.8 Å². The number of likely N-dealkylation sites (tertiary alicyclic amines) is 1. The van der Waals surface area contributed by atoms with Crippen molar-refractivity contribution in [3.63, 3.8) is 0 Å². The van der Waals surface area contributed by atoms with Gasteiger partial charge >= 0.3 is 0 Å². The van der Waals surface area contributed by atoms with Crippen LogP contribution in [-0.2, 0) is 6.42 Å². The van der Waals surface area contributed by atoms with Gasteiger partial charge in [0.2, 0.25) is 0 Å².